The molecule has 1 unspecified atom stereocenters. The lowest BCUT2D eigenvalue weighted by Gasteiger charge is -2.21. The smallest absolute Gasteiger partial charge is 0.128 e. The van der Waals surface area contributed by atoms with E-state index in [1.807, 2.05) is 6.92 Å². The minimum atomic E-state index is 0.0641. The number of hydrogen-bond donors (Lipinski definition) is 2. The summed E-state index contributed by atoms with van der Waals surface area (Å²) in [7, 11) is 0. The maximum absolute atomic E-state index is 6.10. The average Bonchev–Trinajstić information content (AvgIpc) is 2.46. The first-order valence-electron chi connectivity index (χ1n) is 7.24. The van der Waals surface area contributed by atoms with Crippen molar-refractivity contribution in [1.82, 2.24) is 10.3 Å². The Hall–Kier alpha value is -1.39. The van der Waals surface area contributed by atoms with E-state index in [9.17, 15) is 0 Å². The Morgan fingerprint density at radius 2 is 2.05 bits per heavy atom. The van der Waals surface area contributed by atoms with E-state index in [-0.39, 0.29) is 6.04 Å². The first-order valence-corrected chi connectivity index (χ1v) is 8.03. The lowest BCUT2D eigenvalue weighted by Crippen LogP contribution is -2.24. The zero-order valence-corrected chi connectivity index (χ0v) is 14.4. The van der Waals surface area contributed by atoms with Crippen LogP contribution in [0.4, 0.5) is 5.82 Å². The number of nitrogens with two attached hydrogens (primary N) is 1. The molecule has 112 valence electrons. The van der Waals surface area contributed by atoms with E-state index in [2.05, 4.69) is 64.3 Å². The fourth-order valence-electron chi connectivity index (χ4n) is 2.32. The molecule has 0 saturated heterocycles. The topological polar surface area (TPSA) is 50.9 Å². The Kier molecular flexibility index (Phi) is 5.37. The quantitative estimate of drug-likeness (QED) is 0.854. The molecule has 1 atom stereocenters. The molecule has 3 N–H and O–H groups in total. The SMILES string of the molecule is CCCNC(c1ccc(C)c(Br)c1)c1cc(C)cnc1N. The molecule has 0 aliphatic rings. The van der Waals surface area contributed by atoms with Crippen LogP contribution in [0.5, 0.6) is 0 Å². The van der Waals surface area contributed by atoms with Crippen molar-refractivity contribution in [3.05, 3.63) is 57.2 Å². The van der Waals surface area contributed by atoms with Crippen LogP contribution in [0.1, 0.15) is 41.6 Å². The lowest BCUT2D eigenvalue weighted by molar-refractivity contribution is 0.598. The predicted molar refractivity (Wildman–Crippen MR) is 92.4 cm³/mol. The normalized spacial score (nSPS) is 12.4. The van der Waals surface area contributed by atoms with Crippen molar-refractivity contribution in [2.24, 2.45) is 0 Å². The van der Waals surface area contributed by atoms with E-state index in [1.54, 1.807) is 6.20 Å². The summed E-state index contributed by atoms with van der Waals surface area (Å²) in [6.07, 6.45) is 2.88. The molecule has 21 heavy (non-hydrogen) atoms. The van der Waals surface area contributed by atoms with Crippen molar-refractivity contribution < 1.29 is 0 Å². The van der Waals surface area contributed by atoms with E-state index in [0.717, 1.165) is 28.6 Å². The van der Waals surface area contributed by atoms with Crippen LogP contribution < -0.4 is 11.1 Å². The Morgan fingerprint density at radius 1 is 1.29 bits per heavy atom. The van der Waals surface area contributed by atoms with Crippen LogP contribution in [0.2, 0.25) is 0 Å². The molecule has 0 bridgehead atoms. The van der Waals surface area contributed by atoms with Gasteiger partial charge in [0.15, 0.2) is 0 Å². The number of hydrogen-bond acceptors (Lipinski definition) is 3. The highest BCUT2D eigenvalue weighted by Crippen LogP contribution is 2.29. The first-order chi connectivity index (χ1) is 10.0. The number of pyridine rings is 1. The van der Waals surface area contributed by atoms with Crippen LogP contribution in [-0.2, 0) is 0 Å². The second-order valence-corrected chi connectivity index (χ2v) is 6.24. The Labute approximate surface area is 135 Å². The number of anilines is 1. The van der Waals surface area contributed by atoms with Crippen LogP contribution in [0.3, 0.4) is 0 Å². The van der Waals surface area contributed by atoms with E-state index in [4.69, 9.17) is 5.73 Å². The Morgan fingerprint density at radius 3 is 2.71 bits per heavy atom. The first kappa shape index (κ1) is 16.0. The monoisotopic (exact) mass is 347 g/mol. The summed E-state index contributed by atoms with van der Waals surface area (Å²) < 4.78 is 1.11. The van der Waals surface area contributed by atoms with Crippen LogP contribution in [0.25, 0.3) is 0 Å². The van der Waals surface area contributed by atoms with Crippen LogP contribution in [-0.4, -0.2) is 11.5 Å². The van der Waals surface area contributed by atoms with Gasteiger partial charge in [0.2, 0.25) is 0 Å². The fourth-order valence-corrected chi connectivity index (χ4v) is 2.71. The minimum Gasteiger partial charge on any atom is -0.383 e. The van der Waals surface area contributed by atoms with Crippen LogP contribution >= 0.6 is 15.9 Å². The van der Waals surface area contributed by atoms with E-state index < -0.39 is 0 Å². The molecule has 0 amide bonds. The van der Waals surface area contributed by atoms with Crippen molar-refractivity contribution in [1.29, 1.82) is 0 Å². The van der Waals surface area contributed by atoms with Gasteiger partial charge >= 0.3 is 0 Å². The van der Waals surface area contributed by atoms with Gasteiger partial charge in [-0.15, -0.1) is 0 Å². The highest BCUT2D eigenvalue weighted by atomic mass is 79.9. The molecule has 1 aromatic heterocycles. The molecular weight excluding hydrogens is 326 g/mol. The van der Waals surface area contributed by atoms with Crippen molar-refractivity contribution in [3.63, 3.8) is 0 Å². The largest absolute Gasteiger partial charge is 0.383 e. The highest BCUT2D eigenvalue weighted by molar-refractivity contribution is 9.10. The second-order valence-electron chi connectivity index (χ2n) is 5.38. The molecule has 1 aromatic carbocycles. The third kappa shape index (κ3) is 3.83. The van der Waals surface area contributed by atoms with Crippen molar-refractivity contribution in [3.8, 4) is 0 Å². The summed E-state index contributed by atoms with van der Waals surface area (Å²) in [5.74, 6) is 0.589. The van der Waals surface area contributed by atoms with Gasteiger partial charge in [-0.3, -0.25) is 0 Å². The Bertz CT molecular complexity index is 625. The van der Waals surface area contributed by atoms with Gasteiger partial charge in [-0.1, -0.05) is 35.0 Å². The summed E-state index contributed by atoms with van der Waals surface area (Å²) in [5, 5.41) is 3.58. The van der Waals surface area contributed by atoms with Crippen LogP contribution in [0, 0.1) is 13.8 Å². The molecule has 3 nitrogen and oxygen atoms in total. The molecule has 0 aliphatic heterocycles. The summed E-state index contributed by atoms with van der Waals surface area (Å²) in [6.45, 7) is 7.22. The van der Waals surface area contributed by atoms with Gasteiger partial charge in [-0.25, -0.2) is 4.98 Å². The zero-order chi connectivity index (χ0) is 15.4. The van der Waals surface area contributed by atoms with Gasteiger partial charge in [0.1, 0.15) is 5.82 Å². The number of halogens is 1. The summed E-state index contributed by atoms with van der Waals surface area (Å²) in [5.41, 5.74) is 10.7. The van der Waals surface area contributed by atoms with E-state index in [1.165, 1.54) is 11.1 Å². The number of benzene rings is 1. The van der Waals surface area contributed by atoms with Gasteiger partial charge in [-0.2, -0.15) is 0 Å². The van der Waals surface area contributed by atoms with Gasteiger partial charge in [0.05, 0.1) is 6.04 Å². The minimum absolute atomic E-state index is 0.0641. The summed E-state index contributed by atoms with van der Waals surface area (Å²) >= 11 is 3.61. The van der Waals surface area contributed by atoms with Crippen molar-refractivity contribution >= 4 is 21.7 Å². The molecule has 0 saturated carbocycles. The Balaban J connectivity index is 2.46. The molecule has 1 heterocycles. The second kappa shape index (κ2) is 7.05. The summed E-state index contributed by atoms with van der Waals surface area (Å²) in [4.78, 5) is 4.30. The average molecular weight is 348 g/mol. The fraction of sp³-hybridized carbons (Fsp3) is 0.353. The third-order valence-electron chi connectivity index (χ3n) is 3.52. The zero-order valence-electron chi connectivity index (χ0n) is 12.8. The van der Waals surface area contributed by atoms with Gasteiger partial charge in [0, 0.05) is 16.2 Å². The standard InChI is InChI=1S/C17H22BrN3/c1-4-7-20-16(13-6-5-12(3)15(18)9-13)14-8-11(2)10-21-17(14)19/h5-6,8-10,16,20H,4,7H2,1-3H3,(H2,19,21). The molecule has 2 aromatic rings. The maximum Gasteiger partial charge on any atom is 0.128 e. The number of nitrogens with zero attached hydrogens (tertiary/aromatic N) is 1. The number of nitrogen functional groups attached to an aromatic ring is 1. The van der Waals surface area contributed by atoms with Gasteiger partial charge in [0.25, 0.3) is 0 Å². The van der Waals surface area contributed by atoms with E-state index >= 15 is 0 Å². The maximum atomic E-state index is 6.10. The number of nitrogens with one attached hydrogen (secondary N) is 1. The number of aryl methyl sites for hydroxylation is 2. The van der Waals surface area contributed by atoms with E-state index in [0.29, 0.717) is 5.82 Å². The molecule has 2 rings (SSSR count). The molecule has 0 radical (unpaired) electrons. The predicted octanol–water partition coefficient (Wildman–Crippen LogP) is 4.13. The molecular formula is C17H22BrN3. The lowest BCUT2D eigenvalue weighted by atomic mass is 9.97. The third-order valence-corrected chi connectivity index (χ3v) is 4.38. The van der Waals surface area contributed by atoms with Crippen molar-refractivity contribution in [2.75, 3.05) is 12.3 Å². The van der Waals surface area contributed by atoms with Crippen LogP contribution in [0.15, 0.2) is 34.9 Å². The van der Waals surface area contributed by atoms with Gasteiger partial charge < -0.3 is 11.1 Å². The highest BCUT2D eigenvalue weighted by Gasteiger charge is 2.17. The van der Waals surface area contributed by atoms with Gasteiger partial charge in [-0.05, 0) is 55.6 Å². The molecule has 0 fully saturated rings. The molecule has 4 heteroatoms. The molecule has 0 aliphatic carbocycles. The summed E-state index contributed by atoms with van der Waals surface area (Å²) in [6, 6.07) is 8.61. The number of aromatic nitrogens is 1. The molecule has 0 spiro atoms. The van der Waals surface area contributed by atoms with Crippen molar-refractivity contribution in [2.45, 2.75) is 33.2 Å². The number of rotatable bonds is 5.